The van der Waals surface area contributed by atoms with Crippen molar-refractivity contribution in [3.05, 3.63) is 11.6 Å². The molecule has 0 aromatic carbocycles. The summed E-state index contributed by atoms with van der Waals surface area (Å²) >= 11 is 0. The third-order valence-electron chi connectivity index (χ3n) is 2.79. The molecule has 1 unspecified atom stereocenters. The van der Waals surface area contributed by atoms with E-state index in [0.717, 1.165) is 18.3 Å². The summed E-state index contributed by atoms with van der Waals surface area (Å²) in [4.78, 5) is 0. The van der Waals surface area contributed by atoms with Crippen LogP contribution in [-0.4, -0.2) is 19.9 Å². The Morgan fingerprint density at radius 1 is 1.40 bits per heavy atom. The first-order chi connectivity index (χ1) is 7.11. The fourth-order valence-electron chi connectivity index (χ4n) is 1.61. The Morgan fingerprint density at radius 3 is 2.53 bits per heavy atom. The van der Waals surface area contributed by atoms with Gasteiger partial charge in [-0.2, -0.15) is 0 Å². The molecule has 2 heteroatoms. The van der Waals surface area contributed by atoms with Crippen molar-refractivity contribution in [1.82, 2.24) is 0 Å². The third-order valence-corrected chi connectivity index (χ3v) is 2.79. The summed E-state index contributed by atoms with van der Waals surface area (Å²) in [6, 6.07) is 0. The number of hydrogen-bond acceptors (Lipinski definition) is 1. The van der Waals surface area contributed by atoms with Gasteiger partial charge in [0.05, 0.1) is 13.2 Å². The van der Waals surface area contributed by atoms with Crippen LogP contribution in [0.3, 0.4) is 0 Å². The minimum atomic E-state index is -0.392. The first-order valence-electron chi connectivity index (χ1n) is 5.91. The van der Waals surface area contributed by atoms with Gasteiger partial charge in [-0.05, 0) is 25.2 Å². The Labute approximate surface area is 93.7 Å². The van der Waals surface area contributed by atoms with E-state index in [1.54, 1.807) is 0 Å². The molecule has 90 valence electrons. The largest absolute Gasteiger partial charge is 0.374 e. The molecule has 0 heterocycles. The Morgan fingerprint density at radius 2 is 2.07 bits per heavy atom. The van der Waals surface area contributed by atoms with E-state index in [0.29, 0.717) is 6.61 Å². The van der Waals surface area contributed by atoms with E-state index in [4.69, 9.17) is 4.74 Å². The topological polar surface area (TPSA) is 9.23 Å². The lowest BCUT2D eigenvalue weighted by molar-refractivity contribution is 0.138. The van der Waals surface area contributed by atoms with Crippen LogP contribution in [0, 0.1) is 11.8 Å². The molecule has 0 aliphatic heterocycles. The van der Waals surface area contributed by atoms with Crippen molar-refractivity contribution in [2.24, 2.45) is 11.8 Å². The average molecular weight is 216 g/mol. The van der Waals surface area contributed by atoms with E-state index in [2.05, 4.69) is 26.8 Å². The molecule has 0 aliphatic rings. The second-order valence-corrected chi connectivity index (χ2v) is 4.44. The molecule has 0 aliphatic carbocycles. The van der Waals surface area contributed by atoms with E-state index in [1.165, 1.54) is 12.0 Å². The highest BCUT2D eigenvalue weighted by atomic mass is 19.1. The molecule has 1 nitrogen and oxygen atoms in total. The standard InChI is InChI=1S/C13H25FO/c1-5-13(11(2)3)7-6-12(4)10-15-9-8-14/h6,11,13H,5,7-10H2,1-4H3/b12-6+. The molecule has 15 heavy (non-hydrogen) atoms. The zero-order chi connectivity index (χ0) is 11.7. The summed E-state index contributed by atoms with van der Waals surface area (Å²) in [5, 5.41) is 0. The molecule has 0 radical (unpaired) electrons. The quantitative estimate of drug-likeness (QED) is 0.440. The van der Waals surface area contributed by atoms with Gasteiger partial charge in [-0.15, -0.1) is 0 Å². The number of rotatable bonds is 8. The molecule has 0 bridgehead atoms. The summed E-state index contributed by atoms with van der Waals surface area (Å²) in [5.74, 6) is 1.48. The maximum absolute atomic E-state index is 11.8. The highest BCUT2D eigenvalue weighted by Gasteiger charge is 2.08. The predicted molar refractivity (Wildman–Crippen MR) is 63.8 cm³/mol. The van der Waals surface area contributed by atoms with E-state index >= 15 is 0 Å². The van der Waals surface area contributed by atoms with Gasteiger partial charge >= 0.3 is 0 Å². The first-order valence-corrected chi connectivity index (χ1v) is 5.91. The predicted octanol–water partition coefficient (Wildman–Crippen LogP) is 3.99. The summed E-state index contributed by atoms with van der Waals surface area (Å²) in [7, 11) is 0. The van der Waals surface area contributed by atoms with E-state index < -0.39 is 6.67 Å². The minimum Gasteiger partial charge on any atom is -0.374 e. The third kappa shape index (κ3) is 7.55. The van der Waals surface area contributed by atoms with Crippen molar-refractivity contribution in [2.75, 3.05) is 19.9 Å². The van der Waals surface area contributed by atoms with Gasteiger partial charge < -0.3 is 4.74 Å². The van der Waals surface area contributed by atoms with Crippen molar-refractivity contribution in [1.29, 1.82) is 0 Å². The zero-order valence-corrected chi connectivity index (χ0v) is 10.6. The van der Waals surface area contributed by atoms with E-state index in [1.807, 2.05) is 6.92 Å². The van der Waals surface area contributed by atoms with E-state index in [9.17, 15) is 4.39 Å². The number of halogens is 1. The molecular formula is C13H25FO. The summed E-state index contributed by atoms with van der Waals surface area (Å²) in [6.45, 7) is 9.19. The van der Waals surface area contributed by atoms with Crippen LogP contribution in [0.5, 0.6) is 0 Å². The molecular weight excluding hydrogens is 191 g/mol. The number of ether oxygens (including phenoxy) is 1. The highest BCUT2D eigenvalue weighted by Crippen LogP contribution is 2.19. The number of hydrogen-bond donors (Lipinski definition) is 0. The normalized spacial score (nSPS) is 14.7. The second kappa shape index (κ2) is 8.90. The van der Waals surface area contributed by atoms with Crippen LogP contribution in [0.15, 0.2) is 11.6 Å². The molecule has 0 amide bonds. The second-order valence-electron chi connectivity index (χ2n) is 4.44. The zero-order valence-electron chi connectivity index (χ0n) is 10.6. The molecule has 0 spiro atoms. The molecule has 1 atom stereocenters. The highest BCUT2D eigenvalue weighted by molar-refractivity contribution is 4.99. The summed E-state index contributed by atoms with van der Waals surface area (Å²) in [6.07, 6.45) is 4.55. The van der Waals surface area contributed by atoms with Gasteiger partial charge in [-0.25, -0.2) is 4.39 Å². The van der Waals surface area contributed by atoms with Gasteiger partial charge in [0.15, 0.2) is 0 Å². The van der Waals surface area contributed by atoms with Gasteiger partial charge in [0, 0.05) is 0 Å². The molecule has 0 saturated heterocycles. The molecule has 0 aromatic rings. The van der Waals surface area contributed by atoms with E-state index in [-0.39, 0.29) is 6.61 Å². The van der Waals surface area contributed by atoms with Gasteiger partial charge in [0.2, 0.25) is 0 Å². The lowest BCUT2D eigenvalue weighted by Crippen LogP contribution is -2.07. The lowest BCUT2D eigenvalue weighted by atomic mass is 9.89. The molecule has 0 rings (SSSR count). The van der Waals surface area contributed by atoms with Crippen molar-refractivity contribution >= 4 is 0 Å². The monoisotopic (exact) mass is 216 g/mol. The van der Waals surface area contributed by atoms with Crippen LogP contribution in [0.4, 0.5) is 4.39 Å². The van der Waals surface area contributed by atoms with Crippen LogP contribution < -0.4 is 0 Å². The maximum atomic E-state index is 11.8. The van der Waals surface area contributed by atoms with Crippen molar-refractivity contribution in [2.45, 2.75) is 40.5 Å². The van der Waals surface area contributed by atoms with Crippen LogP contribution >= 0.6 is 0 Å². The fourth-order valence-corrected chi connectivity index (χ4v) is 1.61. The number of alkyl halides is 1. The lowest BCUT2D eigenvalue weighted by Gasteiger charge is -2.17. The van der Waals surface area contributed by atoms with Crippen molar-refractivity contribution < 1.29 is 9.13 Å². The van der Waals surface area contributed by atoms with Crippen molar-refractivity contribution in [3.63, 3.8) is 0 Å². The Balaban J connectivity index is 3.81. The number of allylic oxidation sites excluding steroid dienone is 1. The molecule has 0 saturated carbocycles. The Hall–Kier alpha value is -0.370. The molecule has 0 N–H and O–H groups in total. The van der Waals surface area contributed by atoms with Crippen LogP contribution in [0.1, 0.15) is 40.5 Å². The van der Waals surface area contributed by atoms with Gasteiger partial charge in [-0.1, -0.05) is 38.8 Å². The SMILES string of the molecule is CCC(C/C=C(\C)COCCF)C(C)C. The Bertz CT molecular complexity index is 175. The first kappa shape index (κ1) is 14.6. The fraction of sp³-hybridized carbons (Fsp3) is 0.846. The minimum absolute atomic E-state index is 0.215. The Kier molecular flexibility index (Phi) is 8.68. The maximum Gasteiger partial charge on any atom is 0.113 e. The summed E-state index contributed by atoms with van der Waals surface area (Å²) < 4.78 is 16.9. The smallest absolute Gasteiger partial charge is 0.113 e. The van der Waals surface area contributed by atoms with Gasteiger partial charge in [0.1, 0.15) is 6.67 Å². The van der Waals surface area contributed by atoms with Crippen LogP contribution in [0.25, 0.3) is 0 Å². The van der Waals surface area contributed by atoms with Crippen molar-refractivity contribution in [3.8, 4) is 0 Å². The van der Waals surface area contributed by atoms with Crippen LogP contribution in [0.2, 0.25) is 0 Å². The van der Waals surface area contributed by atoms with Crippen LogP contribution in [-0.2, 0) is 4.74 Å². The molecule has 0 fully saturated rings. The summed E-state index contributed by atoms with van der Waals surface area (Å²) in [5.41, 5.74) is 1.21. The van der Waals surface area contributed by atoms with Gasteiger partial charge in [-0.3, -0.25) is 0 Å². The van der Waals surface area contributed by atoms with Gasteiger partial charge in [0.25, 0.3) is 0 Å². The molecule has 0 aromatic heterocycles. The average Bonchev–Trinajstić information content (AvgIpc) is 2.18.